The van der Waals surface area contributed by atoms with Crippen molar-refractivity contribution in [3.63, 3.8) is 0 Å². The Morgan fingerprint density at radius 2 is 1.83 bits per heavy atom. The number of hydrogen-bond acceptors (Lipinski definition) is 1. The molecule has 2 nitrogen and oxygen atoms in total. The number of unbranched alkanes of at least 4 members (excludes halogenated alkanes) is 1. The molecule has 0 atom stereocenters. The monoisotopic (exact) mass is 309 g/mol. The normalized spacial score (nSPS) is 16.0. The van der Waals surface area contributed by atoms with Crippen molar-refractivity contribution in [1.82, 2.24) is 4.90 Å². The highest BCUT2D eigenvalue weighted by atomic mass is 16.2. The van der Waals surface area contributed by atoms with Crippen LogP contribution in [0.4, 0.5) is 0 Å². The Morgan fingerprint density at radius 3 is 2.57 bits per heavy atom. The van der Waals surface area contributed by atoms with Gasteiger partial charge in [-0.1, -0.05) is 68.7 Å². The Labute approximate surface area is 139 Å². The molecule has 1 amide bonds. The van der Waals surface area contributed by atoms with Gasteiger partial charge in [-0.25, -0.2) is 0 Å². The number of fused-ring (bicyclic) bond motifs is 1. The van der Waals surface area contributed by atoms with Crippen LogP contribution in [-0.4, -0.2) is 23.9 Å². The molecular weight excluding hydrogens is 282 g/mol. The van der Waals surface area contributed by atoms with E-state index in [4.69, 9.17) is 0 Å². The van der Waals surface area contributed by atoms with E-state index in [2.05, 4.69) is 54.3 Å². The molecule has 0 aliphatic carbocycles. The smallest absolute Gasteiger partial charge is 0.226 e. The molecule has 2 aromatic rings. The molecule has 2 aromatic carbocycles. The number of nitrogens with zero attached hydrogens (tertiary/aromatic N) is 1. The predicted molar refractivity (Wildman–Crippen MR) is 96.5 cm³/mol. The lowest BCUT2D eigenvalue weighted by Crippen LogP contribution is -2.39. The highest BCUT2D eigenvalue weighted by Crippen LogP contribution is 2.23. The first-order valence-corrected chi connectivity index (χ1v) is 9.01. The lowest BCUT2D eigenvalue weighted by atomic mass is 9.91. The highest BCUT2D eigenvalue weighted by Gasteiger charge is 2.22. The minimum atomic E-state index is 0.286. The average molecular weight is 309 g/mol. The average Bonchev–Trinajstić information content (AvgIpc) is 2.60. The van der Waals surface area contributed by atoms with Crippen LogP contribution in [0.2, 0.25) is 0 Å². The van der Waals surface area contributed by atoms with Gasteiger partial charge in [-0.3, -0.25) is 4.79 Å². The van der Waals surface area contributed by atoms with E-state index < -0.39 is 0 Å². The third-order valence-corrected chi connectivity index (χ3v) is 5.10. The summed E-state index contributed by atoms with van der Waals surface area (Å²) < 4.78 is 0. The molecular formula is C21H27NO. The Hall–Kier alpha value is -1.83. The Bertz CT molecular complexity index is 656. The zero-order valence-corrected chi connectivity index (χ0v) is 14.1. The van der Waals surface area contributed by atoms with Crippen LogP contribution in [0.5, 0.6) is 0 Å². The van der Waals surface area contributed by atoms with Gasteiger partial charge in [0, 0.05) is 13.1 Å². The predicted octanol–water partition coefficient (Wildman–Crippen LogP) is 4.81. The van der Waals surface area contributed by atoms with Crippen LogP contribution in [0.3, 0.4) is 0 Å². The van der Waals surface area contributed by atoms with Gasteiger partial charge in [-0.15, -0.1) is 0 Å². The number of hydrogen-bond donors (Lipinski definition) is 0. The van der Waals surface area contributed by atoms with Gasteiger partial charge in [0.05, 0.1) is 6.42 Å². The van der Waals surface area contributed by atoms with E-state index in [0.717, 1.165) is 24.6 Å². The van der Waals surface area contributed by atoms with Crippen molar-refractivity contribution in [2.24, 2.45) is 5.92 Å². The van der Waals surface area contributed by atoms with E-state index in [-0.39, 0.29) is 5.91 Å². The fourth-order valence-corrected chi connectivity index (χ4v) is 3.60. The molecule has 23 heavy (non-hydrogen) atoms. The van der Waals surface area contributed by atoms with Crippen LogP contribution in [-0.2, 0) is 11.2 Å². The second-order valence-corrected chi connectivity index (χ2v) is 6.82. The maximum atomic E-state index is 12.6. The van der Waals surface area contributed by atoms with E-state index in [1.54, 1.807) is 0 Å². The van der Waals surface area contributed by atoms with Crippen LogP contribution < -0.4 is 0 Å². The summed E-state index contributed by atoms with van der Waals surface area (Å²) in [5, 5.41) is 2.46. The van der Waals surface area contributed by atoms with Gasteiger partial charge in [0.15, 0.2) is 0 Å². The number of amides is 1. The molecule has 0 N–H and O–H groups in total. The van der Waals surface area contributed by atoms with E-state index in [0.29, 0.717) is 6.42 Å². The molecule has 3 rings (SSSR count). The van der Waals surface area contributed by atoms with Crippen LogP contribution in [0.15, 0.2) is 42.5 Å². The largest absolute Gasteiger partial charge is 0.342 e. The first-order valence-electron chi connectivity index (χ1n) is 9.01. The minimum absolute atomic E-state index is 0.286. The summed E-state index contributed by atoms with van der Waals surface area (Å²) in [6, 6.07) is 14.7. The number of piperidine rings is 1. The first kappa shape index (κ1) is 16.0. The SMILES string of the molecule is CCCCC1CCN(C(=O)Cc2ccc3ccccc3c2)CC1. The summed E-state index contributed by atoms with van der Waals surface area (Å²) in [7, 11) is 0. The Kier molecular flexibility index (Phi) is 5.32. The Morgan fingerprint density at radius 1 is 1.09 bits per heavy atom. The molecule has 1 aliphatic heterocycles. The molecule has 0 unspecified atom stereocenters. The summed E-state index contributed by atoms with van der Waals surface area (Å²) >= 11 is 0. The number of benzene rings is 2. The van der Waals surface area contributed by atoms with Crippen LogP contribution in [0, 0.1) is 5.92 Å². The van der Waals surface area contributed by atoms with Gasteiger partial charge in [0.25, 0.3) is 0 Å². The molecule has 0 bridgehead atoms. The maximum Gasteiger partial charge on any atom is 0.226 e. The Balaban J connectivity index is 1.56. The number of carbonyl (C=O) groups is 1. The van der Waals surface area contributed by atoms with Crippen molar-refractivity contribution in [2.75, 3.05) is 13.1 Å². The van der Waals surface area contributed by atoms with Crippen molar-refractivity contribution in [1.29, 1.82) is 0 Å². The number of rotatable bonds is 5. The summed E-state index contributed by atoms with van der Waals surface area (Å²) in [6.07, 6.45) is 6.84. The van der Waals surface area contributed by atoms with Crippen molar-refractivity contribution < 1.29 is 4.79 Å². The molecule has 0 aromatic heterocycles. The summed E-state index contributed by atoms with van der Waals surface area (Å²) in [4.78, 5) is 14.6. The van der Waals surface area contributed by atoms with Crippen LogP contribution >= 0.6 is 0 Å². The first-order chi connectivity index (χ1) is 11.3. The van der Waals surface area contributed by atoms with E-state index in [1.807, 2.05) is 0 Å². The zero-order chi connectivity index (χ0) is 16.1. The van der Waals surface area contributed by atoms with Crippen LogP contribution in [0.25, 0.3) is 10.8 Å². The van der Waals surface area contributed by atoms with Gasteiger partial charge in [0.1, 0.15) is 0 Å². The molecule has 2 heteroatoms. The van der Waals surface area contributed by atoms with Gasteiger partial charge in [-0.05, 0) is 35.1 Å². The van der Waals surface area contributed by atoms with E-state index in [9.17, 15) is 4.79 Å². The topological polar surface area (TPSA) is 20.3 Å². The molecule has 1 saturated heterocycles. The van der Waals surface area contributed by atoms with Crippen molar-refractivity contribution in [3.8, 4) is 0 Å². The third kappa shape index (κ3) is 4.13. The van der Waals surface area contributed by atoms with Gasteiger partial charge in [0.2, 0.25) is 5.91 Å². The fourth-order valence-electron chi connectivity index (χ4n) is 3.60. The van der Waals surface area contributed by atoms with Gasteiger partial charge in [-0.2, -0.15) is 0 Å². The van der Waals surface area contributed by atoms with E-state index in [1.165, 1.54) is 42.9 Å². The van der Waals surface area contributed by atoms with E-state index >= 15 is 0 Å². The van der Waals surface area contributed by atoms with Crippen molar-refractivity contribution >= 4 is 16.7 Å². The fraction of sp³-hybridized carbons (Fsp3) is 0.476. The van der Waals surface area contributed by atoms with Crippen molar-refractivity contribution in [2.45, 2.75) is 45.4 Å². The molecule has 122 valence electrons. The third-order valence-electron chi connectivity index (χ3n) is 5.10. The molecule has 1 aliphatic rings. The lowest BCUT2D eigenvalue weighted by Gasteiger charge is -2.32. The quantitative estimate of drug-likeness (QED) is 0.776. The standard InChI is InChI=1S/C21H27NO/c1-2-3-6-17-11-13-22(14-12-17)21(23)16-18-9-10-19-7-4-5-8-20(19)15-18/h4-5,7-10,15,17H,2-3,6,11-14,16H2,1H3. The summed E-state index contributed by atoms with van der Waals surface area (Å²) in [6.45, 7) is 4.14. The zero-order valence-electron chi connectivity index (χ0n) is 14.1. The highest BCUT2D eigenvalue weighted by molar-refractivity contribution is 5.85. The van der Waals surface area contributed by atoms with Crippen molar-refractivity contribution in [3.05, 3.63) is 48.0 Å². The molecule has 1 heterocycles. The molecule has 0 radical (unpaired) electrons. The number of likely N-dealkylation sites (tertiary alicyclic amines) is 1. The molecule has 0 saturated carbocycles. The summed E-state index contributed by atoms with van der Waals surface area (Å²) in [5.74, 6) is 1.12. The minimum Gasteiger partial charge on any atom is -0.342 e. The summed E-state index contributed by atoms with van der Waals surface area (Å²) in [5.41, 5.74) is 1.13. The lowest BCUT2D eigenvalue weighted by molar-refractivity contribution is -0.131. The van der Waals surface area contributed by atoms with Gasteiger partial charge >= 0.3 is 0 Å². The second kappa shape index (κ2) is 7.63. The molecule has 0 spiro atoms. The number of carbonyl (C=O) groups excluding carboxylic acids is 1. The molecule has 1 fully saturated rings. The maximum absolute atomic E-state index is 12.6. The van der Waals surface area contributed by atoms with Crippen LogP contribution in [0.1, 0.15) is 44.6 Å². The second-order valence-electron chi connectivity index (χ2n) is 6.82. The van der Waals surface area contributed by atoms with Gasteiger partial charge < -0.3 is 4.90 Å².